The highest BCUT2D eigenvalue weighted by Gasteiger charge is 2.37. The molecule has 0 spiro atoms. The first-order valence-electron chi connectivity index (χ1n) is 17.6. The molecule has 5 heterocycles. The maximum Gasteiger partial charge on any atom is 0.407 e. The van der Waals surface area contributed by atoms with Crippen LogP contribution in [0.3, 0.4) is 0 Å². The van der Waals surface area contributed by atoms with E-state index >= 15 is 0 Å². The van der Waals surface area contributed by atoms with Gasteiger partial charge in [0.25, 0.3) is 0 Å². The van der Waals surface area contributed by atoms with E-state index in [0.29, 0.717) is 24.7 Å². The number of methoxy groups -OCH3 is 2. The molecule has 5 aromatic rings. The minimum atomic E-state index is -0.693. The molecule has 280 valence electrons. The largest absolute Gasteiger partial charge is 0.455 e. The summed E-state index contributed by atoms with van der Waals surface area (Å²) in [5.74, 6) is 1.60. The molecule has 2 atom stereocenters. The summed E-state index contributed by atoms with van der Waals surface area (Å²) in [6.07, 6.45) is 4.69. The quantitative estimate of drug-likeness (QED) is 0.111. The fraction of sp³-hybridized carbons (Fsp3) is 0.405. The number of aromatic nitrogens is 4. The van der Waals surface area contributed by atoms with Crippen LogP contribution in [0.15, 0.2) is 53.2 Å². The predicted octanol–water partition coefficient (Wildman–Crippen LogP) is 6.08. The fourth-order valence-corrected chi connectivity index (χ4v) is 7.39. The Balaban J connectivity index is 1.10. The first kappa shape index (κ1) is 37.1. The van der Waals surface area contributed by atoms with Gasteiger partial charge < -0.3 is 44.3 Å². The van der Waals surface area contributed by atoms with Gasteiger partial charge in [0.1, 0.15) is 35.6 Å². The molecule has 4 amide bonds. The van der Waals surface area contributed by atoms with E-state index in [1.165, 1.54) is 14.2 Å². The van der Waals surface area contributed by atoms with Crippen molar-refractivity contribution in [2.24, 2.45) is 5.92 Å². The lowest BCUT2D eigenvalue weighted by atomic mass is 10.0. The number of H-pyrrole nitrogens is 2. The summed E-state index contributed by atoms with van der Waals surface area (Å²) in [6.45, 7) is 7.01. The molecule has 53 heavy (non-hydrogen) atoms. The van der Waals surface area contributed by atoms with Gasteiger partial charge in [-0.2, -0.15) is 0 Å². The zero-order valence-corrected chi connectivity index (χ0v) is 31.2. The van der Waals surface area contributed by atoms with Gasteiger partial charge in [0.2, 0.25) is 11.8 Å². The predicted molar refractivity (Wildman–Crippen MR) is 199 cm³/mol. The summed E-state index contributed by atoms with van der Waals surface area (Å²) in [7, 11) is 2.54. The number of hydrogen-bond acceptors (Lipinski definition) is 10. The highest BCUT2D eigenvalue weighted by Crippen LogP contribution is 2.38. The second kappa shape index (κ2) is 16.4. The van der Waals surface area contributed by atoms with Crippen LogP contribution in [0.25, 0.3) is 43.4 Å². The lowest BCUT2D eigenvalue weighted by molar-refractivity contribution is -0.135. The van der Waals surface area contributed by atoms with E-state index in [9.17, 15) is 19.2 Å². The average molecular weight is 745 g/mol. The molecular formula is C37H44N8O7S. The zero-order valence-electron chi connectivity index (χ0n) is 30.4. The first-order chi connectivity index (χ1) is 25.6. The van der Waals surface area contributed by atoms with Gasteiger partial charge in [-0.3, -0.25) is 9.59 Å². The van der Waals surface area contributed by atoms with E-state index in [1.54, 1.807) is 27.3 Å². The molecule has 1 fully saturated rings. The lowest BCUT2D eigenvalue weighted by Crippen LogP contribution is -2.51. The van der Waals surface area contributed by atoms with E-state index in [-0.39, 0.29) is 36.9 Å². The molecule has 0 bridgehead atoms. The molecule has 1 saturated heterocycles. The number of furan rings is 1. The van der Waals surface area contributed by atoms with Gasteiger partial charge in [0.15, 0.2) is 0 Å². The van der Waals surface area contributed by atoms with Crippen molar-refractivity contribution in [2.45, 2.75) is 58.7 Å². The Labute approximate surface area is 310 Å². The number of carbonyl (C=O) groups is 4. The second-order valence-corrected chi connectivity index (χ2v) is 14.2. The normalized spacial score (nSPS) is 14.8. The smallest absolute Gasteiger partial charge is 0.407 e. The molecule has 4 N–H and O–H groups in total. The number of amides is 4. The molecule has 1 aliphatic heterocycles. The van der Waals surface area contributed by atoms with Gasteiger partial charge in [0, 0.05) is 37.0 Å². The van der Waals surface area contributed by atoms with Crippen molar-refractivity contribution in [1.82, 2.24) is 40.4 Å². The van der Waals surface area contributed by atoms with Crippen molar-refractivity contribution < 1.29 is 33.1 Å². The first-order valence-corrected chi connectivity index (χ1v) is 18.4. The number of benzene rings is 1. The van der Waals surface area contributed by atoms with Gasteiger partial charge >= 0.3 is 12.2 Å². The number of rotatable bonds is 13. The molecule has 0 radical (unpaired) electrons. The number of nitrogens with zero attached hydrogens (tertiary/aromatic N) is 4. The Bertz CT molecular complexity index is 2030. The van der Waals surface area contributed by atoms with Crippen LogP contribution in [0, 0.1) is 5.92 Å². The number of thiophene rings is 1. The molecule has 16 heteroatoms. The standard InChI is InChI=1S/C37H44N8O7S/c1-6-13-44(32(46)19-40-36(48)50-4)20-31-38-18-25(41-31)29-16-28-30(53-29)15-27(52-28)23-11-9-22(10-12-23)24-17-39-34(42-24)26-8-7-14-45(26)35(47)33(21(2)3)43-37(49)51-5/h9-12,15-18,21,26,33H,6-8,13-14,19-20H2,1-5H3,(H,38,41)(H,39,42)(H,40,48)(H,43,49). The number of fused-ring (bicyclic) bond motifs is 1. The van der Waals surface area contributed by atoms with Crippen LogP contribution < -0.4 is 10.6 Å². The number of alkyl carbamates (subject to hydrolysis) is 2. The molecule has 6 rings (SSSR count). The van der Waals surface area contributed by atoms with E-state index in [4.69, 9.17) is 14.1 Å². The number of aromatic amines is 2. The Morgan fingerprint density at radius 1 is 1.09 bits per heavy atom. The number of carbonyl (C=O) groups excluding carboxylic acids is 4. The lowest BCUT2D eigenvalue weighted by Gasteiger charge is -2.30. The van der Waals surface area contributed by atoms with Gasteiger partial charge in [-0.15, -0.1) is 11.3 Å². The second-order valence-electron chi connectivity index (χ2n) is 13.1. The number of nitrogens with one attached hydrogen (secondary N) is 4. The number of imidazole rings is 2. The van der Waals surface area contributed by atoms with Crippen LogP contribution >= 0.6 is 11.3 Å². The Kier molecular flexibility index (Phi) is 11.5. The van der Waals surface area contributed by atoms with Crippen molar-refractivity contribution in [1.29, 1.82) is 0 Å². The topological polar surface area (TPSA) is 188 Å². The Hall–Kier alpha value is -5.64. The fourth-order valence-electron chi connectivity index (χ4n) is 6.41. The Morgan fingerprint density at radius 2 is 1.85 bits per heavy atom. The SMILES string of the molecule is CCCN(Cc1nc(-c2cc3oc(-c4ccc(-c5cnc(C6CCCN6C(=O)C(NC(=O)OC)C(C)C)[nH]5)cc4)cc3s2)c[nH]1)C(=O)CNC(=O)OC. The van der Waals surface area contributed by atoms with E-state index in [2.05, 4.69) is 30.3 Å². The van der Waals surface area contributed by atoms with Crippen LogP contribution in [0.2, 0.25) is 0 Å². The van der Waals surface area contributed by atoms with Crippen LogP contribution in [0.4, 0.5) is 9.59 Å². The summed E-state index contributed by atoms with van der Waals surface area (Å²) in [6, 6.07) is 11.1. The molecular weight excluding hydrogens is 701 g/mol. The molecule has 1 aromatic carbocycles. The molecule has 2 unspecified atom stereocenters. The van der Waals surface area contributed by atoms with Crippen LogP contribution in [-0.2, 0) is 25.6 Å². The molecule has 1 aliphatic rings. The summed E-state index contributed by atoms with van der Waals surface area (Å²) in [5, 5.41) is 5.12. The number of ether oxygens (including phenoxy) is 2. The van der Waals surface area contributed by atoms with Crippen molar-refractivity contribution in [3.63, 3.8) is 0 Å². The highest BCUT2D eigenvalue weighted by atomic mass is 32.1. The third-order valence-electron chi connectivity index (χ3n) is 9.17. The van der Waals surface area contributed by atoms with E-state index in [0.717, 1.165) is 62.7 Å². The molecule has 0 aliphatic carbocycles. The van der Waals surface area contributed by atoms with Crippen molar-refractivity contribution >= 4 is 45.6 Å². The molecule has 4 aromatic heterocycles. The van der Waals surface area contributed by atoms with E-state index in [1.807, 2.05) is 63.4 Å². The summed E-state index contributed by atoms with van der Waals surface area (Å²) >= 11 is 1.57. The molecule has 15 nitrogen and oxygen atoms in total. The summed E-state index contributed by atoms with van der Waals surface area (Å²) in [5.41, 5.74) is 4.21. The van der Waals surface area contributed by atoms with E-state index < -0.39 is 18.2 Å². The van der Waals surface area contributed by atoms with Crippen molar-refractivity contribution in [3.8, 4) is 33.2 Å². The Morgan fingerprint density at radius 3 is 2.55 bits per heavy atom. The summed E-state index contributed by atoms with van der Waals surface area (Å²) < 4.78 is 16.5. The van der Waals surface area contributed by atoms with Gasteiger partial charge in [-0.1, -0.05) is 45.0 Å². The minimum absolute atomic E-state index is 0.109. The van der Waals surface area contributed by atoms with Gasteiger partial charge in [-0.25, -0.2) is 19.6 Å². The average Bonchev–Trinajstić information content (AvgIpc) is 4.00. The number of likely N-dealkylation sites (tertiary alicyclic amines) is 1. The third-order valence-corrected chi connectivity index (χ3v) is 10.3. The van der Waals surface area contributed by atoms with Crippen LogP contribution in [0.5, 0.6) is 0 Å². The van der Waals surface area contributed by atoms with Crippen molar-refractivity contribution in [3.05, 3.63) is 60.4 Å². The van der Waals surface area contributed by atoms with Crippen molar-refractivity contribution in [2.75, 3.05) is 33.9 Å². The molecule has 0 saturated carbocycles. The van der Waals surface area contributed by atoms with Gasteiger partial charge in [-0.05, 0) is 30.7 Å². The van der Waals surface area contributed by atoms with Crippen LogP contribution in [-0.4, -0.2) is 93.6 Å². The monoisotopic (exact) mass is 744 g/mol. The highest BCUT2D eigenvalue weighted by molar-refractivity contribution is 7.22. The minimum Gasteiger partial charge on any atom is -0.455 e. The maximum absolute atomic E-state index is 13.5. The number of hydrogen-bond donors (Lipinski definition) is 4. The third kappa shape index (κ3) is 8.38. The zero-order chi connectivity index (χ0) is 37.6. The van der Waals surface area contributed by atoms with Crippen LogP contribution in [0.1, 0.15) is 57.7 Å². The maximum atomic E-state index is 13.5. The summed E-state index contributed by atoms with van der Waals surface area (Å²) in [4.78, 5) is 69.8. The van der Waals surface area contributed by atoms with Gasteiger partial charge in [0.05, 0.1) is 54.0 Å².